The lowest BCUT2D eigenvalue weighted by molar-refractivity contribution is 0.777. The Balaban J connectivity index is 2.34. The predicted octanol–water partition coefficient (Wildman–Crippen LogP) is 3.27. The van der Waals surface area contributed by atoms with Crippen molar-refractivity contribution in [2.75, 3.05) is 0 Å². The van der Waals surface area contributed by atoms with Gasteiger partial charge in [0.2, 0.25) is 0 Å². The number of hydrogen-bond donors (Lipinski definition) is 0. The van der Waals surface area contributed by atoms with Crippen molar-refractivity contribution in [3.63, 3.8) is 0 Å². The molecule has 0 saturated carbocycles. The maximum atomic E-state index is 12.6. The molecular formula is C16H13N3OS. The average Bonchev–Trinajstić information content (AvgIpc) is 2.80. The Morgan fingerprint density at radius 1 is 1.29 bits per heavy atom. The van der Waals surface area contributed by atoms with Crippen LogP contribution in [0.15, 0.2) is 35.4 Å². The van der Waals surface area contributed by atoms with E-state index in [-0.39, 0.29) is 12.1 Å². The molecule has 0 radical (unpaired) electrons. The van der Waals surface area contributed by atoms with Gasteiger partial charge in [-0.15, -0.1) is 11.3 Å². The zero-order valence-electron chi connectivity index (χ0n) is 11.8. The van der Waals surface area contributed by atoms with Crippen LogP contribution in [0.2, 0.25) is 0 Å². The molecule has 0 atom stereocenters. The molecule has 5 heteroatoms. The zero-order valence-corrected chi connectivity index (χ0v) is 12.6. The van der Waals surface area contributed by atoms with Crippen LogP contribution in [0.3, 0.4) is 0 Å². The minimum absolute atomic E-state index is 0.0179. The van der Waals surface area contributed by atoms with Crippen molar-refractivity contribution in [1.82, 2.24) is 9.55 Å². The molecule has 0 aliphatic carbocycles. The summed E-state index contributed by atoms with van der Waals surface area (Å²) < 4.78 is 1.35. The van der Waals surface area contributed by atoms with Gasteiger partial charge in [-0.25, -0.2) is 4.98 Å². The molecule has 0 bridgehead atoms. The van der Waals surface area contributed by atoms with Crippen molar-refractivity contribution in [2.24, 2.45) is 0 Å². The van der Waals surface area contributed by atoms with E-state index in [1.54, 1.807) is 0 Å². The number of nitrogens with zero attached hydrogens (tertiary/aromatic N) is 3. The molecule has 1 aromatic carbocycles. The first-order chi connectivity index (χ1) is 10.1. The van der Waals surface area contributed by atoms with Gasteiger partial charge in [0.25, 0.3) is 5.56 Å². The van der Waals surface area contributed by atoms with E-state index in [1.165, 1.54) is 27.8 Å². The first-order valence-electron chi connectivity index (χ1n) is 6.54. The Labute approximate surface area is 125 Å². The van der Waals surface area contributed by atoms with Crippen LogP contribution < -0.4 is 5.56 Å². The Morgan fingerprint density at radius 2 is 2.00 bits per heavy atom. The van der Waals surface area contributed by atoms with E-state index in [4.69, 9.17) is 5.26 Å². The second-order valence-corrected chi connectivity index (χ2v) is 6.12. The van der Waals surface area contributed by atoms with Gasteiger partial charge in [-0.2, -0.15) is 5.26 Å². The fraction of sp³-hybridized carbons (Fsp3) is 0.188. The maximum absolute atomic E-state index is 12.6. The number of hydrogen-bond acceptors (Lipinski definition) is 4. The lowest BCUT2D eigenvalue weighted by Crippen LogP contribution is -2.19. The number of rotatable bonds is 2. The third kappa shape index (κ3) is 2.24. The minimum Gasteiger partial charge on any atom is -0.285 e. The van der Waals surface area contributed by atoms with Crippen molar-refractivity contribution in [2.45, 2.75) is 20.4 Å². The zero-order chi connectivity index (χ0) is 15.0. The molecule has 0 amide bonds. The van der Waals surface area contributed by atoms with E-state index < -0.39 is 0 Å². The summed E-state index contributed by atoms with van der Waals surface area (Å²) in [4.78, 5) is 18.7. The summed E-state index contributed by atoms with van der Waals surface area (Å²) in [6.45, 7) is 4.05. The lowest BCUT2D eigenvalue weighted by atomic mass is 10.0. The van der Waals surface area contributed by atoms with Gasteiger partial charge in [0.1, 0.15) is 17.7 Å². The molecule has 0 unspecified atom stereocenters. The predicted molar refractivity (Wildman–Crippen MR) is 84.4 cm³/mol. The molecular weight excluding hydrogens is 282 g/mol. The van der Waals surface area contributed by atoms with E-state index in [0.717, 1.165) is 20.8 Å². The van der Waals surface area contributed by atoms with Crippen LogP contribution in [-0.2, 0) is 6.54 Å². The third-order valence-corrected chi connectivity index (χ3v) is 4.45. The number of nitriles is 1. The average molecular weight is 295 g/mol. The van der Waals surface area contributed by atoms with E-state index in [0.29, 0.717) is 5.39 Å². The Morgan fingerprint density at radius 3 is 2.67 bits per heavy atom. The summed E-state index contributed by atoms with van der Waals surface area (Å²) in [5.41, 5.74) is 2.97. The molecule has 0 saturated heterocycles. The van der Waals surface area contributed by atoms with Crippen LogP contribution in [0.5, 0.6) is 0 Å². The summed E-state index contributed by atoms with van der Waals surface area (Å²) in [6, 6.07) is 10.1. The van der Waals surface area contributed by atoms with Crippen LogP contribution >= 0.6 is 11.3 Å². The number of fused-ring (bicyclic) bond motifs is 1. The lowest BCUT2D eigenvalue weighted by Gasteiger charge is -2.04. The molecule has 0 aliphatic rings. The molecule has 4 nitrogen and oxygen atoms in total. The third-order valence-electron chi connectivity index (χ3n) is 3.44. The van der Waals surface area contributed by atoms with Crippen LogP contribution in [0, 0.1) is 25.2 Å². The first kappa shape index (κ1) is 13.5. The molecule has 2 heterocycles. The van der Waals surface area contributed by atoms with Gasteiger partial charge in [0, 0.05) is 10.4 Å². The highest BCUT2D eigenvalue weighted by Crippen LogP contribution is 2.35. The largest absolute Gasteiger partial charge is 0.285 e. The summed E-state index contributed by atoms with van der Waals surface area (Å²) in [6.07, 6.45) is 1.45. The Bertz CT molecular complexity index is 914. The summed E-state index contributed by atoms with van der Waals surface area (Å²) >= 11 is 1.51. The van der Waals surface area contributed by atoms with Crippen LogP contribution in [0.25, 0.3) is 21.3 Å². The Hall–Kier alpha value is -2.45. The van der Waals surface area contributed by atoms with E-state index >= 15 is 0 Å². The smallest absolute Gasteiger partial charge is 0.263 e. The van der Waals surface area contributed by atoms with Crippen molar-refractivity contribution in [3.8, 4) is 17.2 Å². The summed E-state index contributed by atoms with van der Waals surface area (Å²) in [5, 5.41) is 9.41. The van der Waals surface area contributed by atoms with Crippen molar-refractivity contribution in [3.05, 3.63) is 51.4 Å². The second kappa shape index (κ2) is 5.15. The van der Waals surface area contributed by atoms with Gasteiger partial charge >= 0.3 is 0 Å². The summed E-state index contributed by atoms with van der Waals surface area (Å²) in [7, 11) is 0. The first-order valence-corrected chi connectivity index (χ1v) is 7.36. The van der Waals surface area contributed by atoms with Gasteiger partial charge in [-0.05, 0) is 19.4 Å². The number of aryl methyl sites for hydroxylation is 2. The number of aromatic nitrogens is 2. The van der Waals surface area contributed by atoms with Gasteiger partial charge in [0.05, 0.1) is 11.5 Å². The molecule has 104 valence electrons. The standard InChI is InChI=1S/C16H13N3OS/c1-10-3-5-12(6-4-10)13-11(2)21-15-14(13)16(20)19(8-7-17)9-18-15/h3-6,9H,8H2,1-2H3. The summed E-state index contributed by atoms with van der Waals surface area (Å²) in [5.74, 6) is 0. The molecule has 0 aliphatic heterocycles. The normalized spacial score (nSPS) is 10.7. The highest BCUT2D eigenvalue weighted by Gasteiger charge is 2.16. The van der Waals surface area contributed by atoms with Gasteiger partial charge in [-0.1, -0.05) is 29.8 Å². The topological polar surface area (TPSA) is 58.7 Å². The Kier molecular flexibility index (Phi) is 3.32. The van der Waals surface area contributed by atoms with Crippen molar-refractivity contribution >= 4 is 21.6 Å². The van der Waals surface area contributed by atoms with Gasteiger partial charge in [0.15, 0.2) is 0 Å². The number of thiophene rings is 1. The van der Waals surface area contributed by atoms with Crippen LogP contribution in [0.1, 0.15) is 10.4 Å². The fourth-order valence-corrected chi connectivity index (χ4v) is 3.40. The SMILES string of the molecule is Cc1ccc(-c2c(C)sc3ncn(CC#N)c(=O)c23)cc1. The molecule has 3 rings (SSSR count). The van der Waals surface area contributed by atoms with Crippen molar-refractivity contribution in [1.29, 1.82) is 5.26 Å². The van der Waals surface area contributed by atoms with Gasteiger partial charge < -0.3 is 0 Å². The highest BCUT2D eigenvalue weighted by atomic mass is 32.1. The van der Waals surface area contributed by atoms with Crippen LogP contribution in [-0.4, -0.2) is 9.55 Å². The number of benzene rings is 1. The molecule has 3 aromatic rings. The highest BCUT2D eigenvalue weighted by molar-refractivity contribution is 7.19. The molecule has 0 fully saturated rings. The maximum Gasteiger partial charge on any atom is 0.263 e. The quantitative estimate of drug-likeness (QED) is 0.729. The molecule has 2 aromatic heterocycles. The van der Waals surface area contributed by atoms with E-state index in [2.05, 4.69) is 4.98 Å². The fourth-order valence-electron chi connectivity index (χ4n) is 2.39. The van der Waals surface area contributed by atoms with Crippen molar-refractivity contribution < 1.29 is 0 Å². The monoisotopic (exact) mass is 295 g/mol. The van der Waals surface area contributed by atoms with Gasteiger partial charge in [-0.3, -0.25) is 9.36 Å². The minimum atomic E-state index is -0.151. The van der Waals surface area contributed by atoms with Crippen LogP contribution in [0.4, 0.5) is 0 Å². The molecule has 0 spiro atoms. The molecule has 21 heavy (non-hydrogen) atoms. The molecule has 0 N–H and O–H groups in total. The second-order valence-electron chi connectivity index (χ2n) is 4.92. The van der Waals surface area contributed by atoms with E-state index in [9.17, 15) is 4.79 Å². The van der Waals surface area contributed by atoms with E-state index in [1.807, 2.05) is 44.2 Å².